The number of amides is 1. The molecule has 0 aliphatic carbocycles. The van der Waals surface area contributed by atoms with Crippen LogP contribution >= 0.6 is 0 Å². The van der Waals surface area contributed by atoms with E-state index >= 15 is 0 Å². The van der Waals surface area contributed by atoms with Crippen molar-refractivity contribution in [3.05, 3.63) is 24.2 Å². The first kappa shape index (κ1) is 17.0. The van der Waals surface area contributed by atoms with Gasteiger partial charge >= 0.3 is 0 Å². The summed E-state index contributed by atoms with van der Waals surface area (Å²) < 4.78 is 5.29. The third kappa shape index (κ3) is 4.56. The number of nitrogens with one attached hydrogen (secondary N) is 1. The number of piperazine rings is 1. The second-order valence-electron chi connectivity index (χ2n) is 5.86. The Kier molecular flexibility index (Phi) is 6.42. The molecule has 1 aromatic heterocycles. The number of carbonyl (C=O) groups excluding carboxylic acids is 1. The molecule has 2 N–H and O–H groups in total. The summed E-state index contributed by atoms with van der Waals surface area (Å²) in [7, 11) is 0. The van der Waals surface area contributed by atoms with Crippen LogP contribution in [0.2, 0.25) is 0 Å². The van der Waals surface area contributed by atoms with Crippen molar-refractivity contribution >= 4 is 5.91 Å². The van der Waals surface area contributed by atoms with E-state index in [0.29, 0.717) is 6.54 Å². The number of hydrogen-bond donors (Lipinski definition) is 2. The number of carbonyl (C=O) groups is 1. The highest BCUT2D eigenvalue weighted by Gasteiger charge is 2.23. The Morgan fingerprint density at radius 1 is 1.41 bits per heavy atom. The Balaban J connectivity index is 1.72. The lowest BCUT2D eigenvalue weighted by Crippen LogP contribution is -2.53. The Labute approximate surface area is 132 Å². The zero-order valence-electron chi connectivity index (χ0n) is 13.5. The highest BCUT2D eigenvalue weighted by molar-refractivity contribution is 5.78. The summed E-state index contributed by atoms with van der Waals surface area (Å²) in [6.07, 6.45) is 2.57. The summed E-state index contributed by atoms with van der Waals surface area (Å²) in [6, 6.07) is 3.82. The number of aliphatic hydroxyl groups excluding tert-OH is 1. The molecule has 0 bridgehead atoms. The standard InChI is InChI=1S/C16H27N3O3/c1-3-14(12-20)19-8-6-18(7-9-19)11-16(21)17-13(2)15-5-4-10-22-15/h4-5,10,13-14,20H,3,6-9,11-12H2,1-2H3,(H,17,21). The van der Waals surface area contributed by atoms with Gasteiger partial charge in [-0.05, 0) is 25.5 Å². The van der Waals surface area contributed by atoms with Gasteiger partial charge in [-0.1, -0.05) is 6.92 Å². The maximum atomic E-state index is 12.1. The highest BCUT2D eigenvalue weighted by atomic mass is 16.3. The van der Waals surface area contributed by atoms with E-state index in [4.69, 9.17) is 4.42 Å². The van der Waals surface area contributed by atoms with Gasteiger partial charge in [-0.25, -0.2) is 0 Å². The Morgan fingerprint density at radius 3 is 2.68 bits per heavy atom. The van der Waals surface area contributed by atoms with Crippen molar-refractivity contribution < 1.29 is 14.3 Å². The van der Waals surface area contributed by atoms with Crippen molar-refractivity contribution in [3.63, 3.8) is 0 Å². The van der Waals surface area contributed by atoms with E-state index in [1.807, 2.05) is 19.1 Å². The smallest absolute Gasteiger partial charge is 0.234 e. The number of hydrogen-bond acceptors (Lipinski definition) is 5. The van der Waals surface area contributed by atoms with E-state index in [1.165, 1.54) is 0 Å². The van der Waals surface area contributed by atoms with Crippen LogP contribution in [0.3, 0.4) is 0 Å². The van der Waals surface area contributed by atoms with Crippen LogP contribution in [-0.4, -0.2) is 66.2 Å². The maximum absolute atomic E-state index is 12.1. The quantitative estimate of drug-likeness (QED) is 0.781. The van der Waals surface area contributed by atoms with Crippen LogP contribution in [0.1, 0.15) is 32.1 Å². The predicted molar refractivity (Wildman–Crippen MR) is 84.4 cm³/mol. The molecule has 124 valence electrons. The molecule has 1 aliphatic heterocycles. The number of aliphatic hydroxyl groups is 1. The molecule has 1 saturated heterocycles. The first-order chi connectivity index (χ1) is 10.6. The van der Waals surface area contributed by atoms with E-state index in [0.717, 1.165) is 38.4 Å². The van der Waals surface area contributed by atoms with Gasteiger partial charge in [0.15, 0.2) is 0 Å². The molecule has 1 aliphatic rings. The fourth-order valence-corrected chi connectivity index (χ4v) is 2.89. The number of nitrogens with zero attached hydrogens (tertiary/aromatic N) is 2. The normalized spacial score (nSPS) is 19.8. The Morgan fingerprint density at radius 2 is 2.14 bits per heavy atom. The van der Waals surface area contributed by atoms with Crippen LogP contribution in [0, 0.1) is 0 Å². The van der Waals surface area contributed by atoms with Gasteiger partial charge in [0.2, 0.25) is 5.91 Å². The molecule has 1 aromatic rings. The Bertz CT molecular complexity index is 437. The summed E-state index contributed by atoms with van der Waals surface area (Å²) in [5, 5.41) is 12.3. The van der Waals surface area contributed by atoms with Gasteiger partial charge in [0.25, 0.3) is 0 Å². The fourth-order valence-electron chi connectivity index (χ4n) is 2.89. The monoisotopic (exact) mass is 309 g/mol. The molecule has 6 nitrogen and oxygen atoms in total. The third-order valence-corrected chi connectivity index (χ3v) is 4.32. The SMILES string of the molecule is CCC(CO)N1CCN(CC(=O)NC(C)c2ccco2)CC1. The van der Waals surface area contributed by atoms with Crippen LogP contribution < -0.4 is 5.32 Å². The van der Waals surface area contributed by atoms with E-state index < -0.39 is 0 Å². The van der Waals surface area contributed by atoms with Gasteiger partial charge in [0.05, 0.1) is 25.5 Å². The van der Waals surface area contributed by atoms with Gasteiger partial charge in [-0.3, -0.25) is 14.6 Å². The fraction of sp³-hybridized carbons (Fsp3) is 0.688. The van der Waals surface area contributed by atoms with Crippen molar-refractivity contribution in [3.8, 4) is 0 Å². The average Bonchev–Trinajstić information content (AvgIpc) is 3.04. The van der Waals surface area contributed by atoms with Crippen molar-refractivity contribution in [1.82, 2.24) is 15.1 Å². The highest BCUT2D eigenvalue weighted by Crippen LogP contribution is 2.12. The van der Waals surface area contributed by atoms with Gasteiger partial charge < -0.3 is 14.8 Å². The minimum absolute atomic E-state index is 0.0200. The van der Waals surface area contributed by atoms with E-state index in [9.17, 15) is 9.90 Å². The lowest BCUT2D eigenvalue weighted by atomic mass is 10.1. The van der Waals surface area contributed by atoms with Gasteiger partial charge in [0.1, 0.15) is 5.76 Å². The van der Waals surface area contributed by atoms with E-state index in [-0.39, 0.29) is 24.6 Å². The molecule has 0 radical (unpaired) electrons. The average molecular weight is 309 g/mol. The molecule has 2 unspecified atom stereocenters. The van der Waals surface area contributed by atoms with Crippen molar-refractivity contribution in [2.45, 2.75) is 32.4 Å². The zero-order valence-corrected chi connectivity index (χ0v) is 13.5. The number of furan rings is 1. The third-order valence-electron chi connectivity index (χ3n) is 4.32. The first-order valence-electron chi connectivity index (χ1n) is 8.04. The second-order valence-corrected chi connectivity index (χ2v) is 5.86. The Hall–Kier alpha value is -1.37. The van der Waals surface area contributed by atoms with Crippen LogP contribution in [0.25, 0.3) is 0 Å². The topological polar surface area (TPSA) is 69.0 Å². The number of rotatable bonds is 7. The van der Waals surface area contributed by atoms with Crippen LogP contribution in [0.5, 0.6) is 0 Å². The molecule has 2 atom stereocenters. The minimum atomic E-state index is -0.109. The van der Waals surface area contributed by atoms with Gasteiger partial charge in [-0.15, -0.1) is 0 Å². The largest absolute Gasteiger partial charge is 0.467 e. The molecule has 1 fully saturated rings. The summed E-state index contributed by atoms with van der Waals surface area (Å²) in [5.41, 5.74) is 0. The minimum Gasteiger partial charge on any atom is -0.467 e. The molecule has 2 heterocycles. The first-order valence-corrected chi connectivity index (χ1v) is 8.04. The van der Waals surface area contributed by atoms with Crippen LogP contribution in [-0.2, 0) is 4.79 Å². The molecule has 22 heavy (non-hydrogen) atoms. The van der Waals surface area contributed by atoms with Crippen molar-refractivity contribution in [2.24, 2.45) is 0 Å². The lowest BCUT2D eigenvalue weighted by Gasteiger charge is -2.38. The van der Waals surface area contributed by atoms with E-state index in [2.05, 4.69) is 22.0 Å². The lowest BCUT2D eigenvalue weighted by molar-refractivity contribution is -0.123. The molecule has 0 saturated carbocycles. The van der Waals surface area contributed by atoms with Crippen molar-refractivity contribution in [2.75, 3.05) is 39.3 Å². The molecule has 1 amide bonds. The van der Waals surface area contributed by atoms with Crippen LogP contribution in [0.15, 0.2) is 22.8 Å². The molecule has 6 heteroatoms. The summed E-state index contributed by atoms with van der Waals surface area (Å²) >= 11 is 0. The second kappa shape index (κ2) is 8.31. The maximum Gasteiger partial charge on any atom is 0.234 e. The molecular weight excluding hydrogens is 282 g/mol. The molecule has 2 rings (SSSR count). The summed E-state index contributed by atoms with van der Waals surface area (Å²) in [4.78, 5) is 16.6. The summed E-state index contributed by atoms with van der Waals surface area (Å²) in [6.45, 7) is 8.16. The molecule has 0 aromatic carbocycles. The van der Waals surface area contributed by atoms with Crippen LogP contribution in [0.4, 0.5) is 0 Å². The summed E-state index contributed by atoms with van der Waals surface area (Å²) in [5.74, 6) is 0.790. The predicted octanol–water partition coefficient (Wildman–Crippen LogP) is 0.845. The van der Waals surface area contributed by atoms with Crippen molar-refractivity contribution in [1.29, 1.82) is 0 Å². The van der Waals surface area contributed by atoms with E-state index in [1.54, 1.807) is 6.26 Å². The molecule has 0 spiro atoms. The van der Waals surface area contributed by atoms with Gasteiger partial charge in [-0.2, -0.15) is 0 Å². The van der Waals surface area contributed by atoms with Gasteiger partial charge in [0, 0.05) is 32.2 Å². The zero-order chi connectivity index (χ0) is 15.9. The molecular formula is C16H27N3O3.